The number of nitrogens with one attached hydrogen (secondary N) is 1. The van der Waals surface area contributed by atoms with Gasteiger partial charge in [-0.25, -0.2) is 25.9 Å². The average molecular weight is 434 g/mol. The van der Waals surface area contributed by atoms with Crippen LogP contribution in [-0.4, -0.2) is 23.4 Å². The third-order valence-corrected chi connectivity index (χ3v) is 7.80. The first-order valence-corrected chi connectivity index (χ1v) is 11.8. The molecule has 5 nitrogen and oxygen atoms in total. The minimum atomic E-state index is -3.92. The molecule has 0 aliphatic carbocycles. The fourth-order valence-corrected chi connectivity index (χ4v) is 5.51. The van der Waals surface area contributed by atoms with Crippen LogP contribution in [0.25, 0.3) is 0 Å². The van der Waals surface area contributed by atoms with Crippen molar-refractivity contribution in [2.45, 2.75) is 28.0 Å². The lowest BCUT2D eigenvalue weighted by Gasteiger charge is -2.12. The lowest BCUT2D eigenvalue weighted by molar-refractivity contribution is 0.580. The number of sulfonamides is 1. The van der Waals surface area contributed by atoms with Crippen LogP contribution in [0.2, 0.25) is 0 Å². The van der Waals surface area contributed by atoms with Crippen LogP contribution in [0.4, 0.5) is 4.39 Å². The smallest absolute Gasteiger partial charge is 0.219 e. The zero-order valence-corrected chi connectivity index (χ0v) is 17.3. The van der Waals surface area contributed by atoms with Crippen LogP contribution in [0.1, 0.15) is 11.1 Å². The SMILES string of the molecule is Cc1ccc(S(=O)(=O)c2ccccc2)cc1S(=O)(=O)NCCc1ccc(F)cc1. The fraction of sp³-hybridized carbons (Fsp3) is 0.143. The van der Waals surface area contributed by atoms with Crippen molar-refractivity contribution >= 4 is 19.9 Å². The van der Waals surface area contributed by atoms with Crippen LogP contribution in [-0.2, 0) is 26.3 Å². The Hall–Kier alpha value is -2.55. The fourth-order valence-electron chi connectivity index (χ4n) is 2.83. The van der Waals surface area contributed by atoms with Crippen LogP contribution in [0.15, 0.2) is 87.5 Å². The Bertz CT molecular complexity index is 1210. The van der Waals surface area contributed by atoms with Gasteiger partial charge >= 0.3 is 0 Å². The molecule has 3 rings (SSSR count). The molecule has 0 bridgehead atoms. The maximum absolute atomic E-state index is 13.0. The van der Waals surface area contributed by atoms with E-state index in [9.17, 15) is 21.2 Å². The summed E-state index contributed by atoms with van der Waals surface area (Å²) in [5, 5.41) is 0. The van der Waals surface area contributed by atoms with Crippen molar-refractivity contribution in [1.29, 1.82) is 0 Å². The summed E-state index contributed by atoms with van der Waals surface area (Å²) in [7, 11) is -7.76. The lowest BCUT2D eigenvalue weighted by Crippen LogP contribution is -2.27. The second-order valence-corrected chi connectivity index (χ2v) is 10.2. The Kier molecular flexibility index (Phi) is 6.16. The Morgan fingerprint density at radius 3 is 2.14 bits per heavy atom. The van der Waals surface area contributed by atoms with E-state index in [1.54, 1.807) is 37.3 Å². The zero-order chi connectivity index (χ0) is 21.1. The van der Waals surface area contributed by atoms with Crippen LogP contribution < -0.4 is 4.72 Å². The highest BCUT2D eigenvalue weighted by molar-refractivity contribution is 7.91. The van der Waals surface area contributed by atoms with Gasteiger partial charge in [0.05, 0.1) is 14.7 Å². The van der Waals surface area contributed by atoms with E-state index >= 15 is 0 Å². The first-order valence-electron chi connectivity index (χ1n) is 8.85. The van der Waals surface area contributed by atoms with Gasteiger partial charge in [-0.2, -0.15) is 0 Å². The van der Waals surface area contributed by atoms with Gasteiger partial charge in [-0.05, 0) is 60.9 Å². The summed E-state index contributed by atoms with van der Waals surface area (Å²) >= 11 is 0. The molecule has 29 heavy (non-hydrogen) atoms. The highest BCUT2D eigenvalue weighted by Crippen LogP contribution is 2.25. The van der Waals surface area contributed by atoms with Gasteiger partial charge < -0.3 is 0 Å². The van der Waals surface area contributed by atoms with Crippen molar-refractivity contribution in [1.82, 2.24) is 4.72 Å². The summed E-state index contributed by atoms with van der Waals surface area (Å²) in [5.74, 6) is -0.360. The van der Waals surface area contributed by atoms with E-state index in [1.807, 2.05) is 0 Å². The number of rotatable bonds is 7. The van der Waals surface area contributed by atoms with Crippen LogP contribution >= 0.6 is 0 Å². The molecule has 1 N–H and O–H groups in total. The van der Waals surface area contributed by atoms with Gasteiger partial charge in [0.15, 0.2) is 0 Å². The summed E-state index contributed by atoms with van der Waals surface area (Å²) in [6.07, 6.45) is 0.376. The van der Waals surface area contributed by atoms with Crippen molar-refractivity contribution < 1.29 is 21.2 Å². The molecule has 3 aromatic carbocycles. The summed E-state index contributed by atoms with van der Waals surface area (Å²) in [6, 6.07) is 17.7. The van der Waals surface area contributed by atoms with Crippen molar-refractivity contribution in [3.05, 3.63) is 89.7 Å². The largest absolute Gasteiger partial charge is 0.240 e. The summed E-state index contributed by atoms with van der Waals surface area (Å²) in [6.45, 7) is 1.70. The standard InChI is InChI=1S/C21H20FNO4S2/c1-16-7-12-20(28(24,25)19-5-3-2-4-6-19)15-21(16)29(26,27)23-14-13-17-8-10-18(22)11-9-17/h2-12,15,23H,13-14H2,1H3. The molecule has 0 heterocycles. The highest BCUT2D eigenvalue weighted by Gasteiger charge is 2.23. The molecule has 3 aromatic rings. The molecule has 0 unspecified atom stereocenters. The Morgan fingerprint density at radius 2 is 1.48 bits per heavy atom. The molecule has 0 saturated carbocycles. The monoisotopic (exact) mass is 433 g/mol. The van der Waals surface area contributed by atoms with E-state index in [1.165, 1.54) is 42.5 Å². The van der Waals surface area contributed by atoms with E-state index in [0.717, 1.165) is 5.56 Å². The molecule has 0 fully saturated rings. The summed E-state index contributed by atoms with van der Waals surface area (Å²) < 4.78 is 66.5. The Labute approximate surface area is 170 Å². The lowest BCUT2D eigenvalue weighted by atomic mass is 10.1. The summed E-state index contributed by atoms with van der Waals surface area (Å²) in [4.78, 5) is -0.0849. The molecular formula is C21H20FNO4S2. The van der Waals surface area contributed by atoms with Crippen LogP contribution in [0, 0.1) is 12.7 Å². The van der Waals surface area contributed by atoms with E-state index in [4.69, 9.17) is 0 Å². The minimum absolute atomic E-state index is 0.0892. The quantitative estimate of drug-likeness (QED) is 0.619. The number of hydrogen-bond donors (Lipinski definition) is 1. The van der Waals surface area contributed by atoms with E-state index in [2.05, 4.69) is 4.72 Å². The van der Waals surface area contributed by atoms with Crippen molar-refractivity contribution in [2.24, 2.45) is 0 Å². The van der Waals surface area contributed by atoms with E-state index in [-0.39, 0.29) is 27.0 Å². The average Bonchev–Trinajstić information content (AvgIpc) is 2.70. The molecular weight excluding hydrogens is 413 g/mol. The van der Waals surface area contributed by atoms with Crippen molar-refractivity contribution in [3.63, 3.8) is 0 Å². The van der Waals surface area contributed by atoms with Crippen molar-refractivity contribution in [2.75, 3.05) is 6.54 Å². The van der Waals surface area contributed by atoms with Gasteiger partial charge in [-0.1, -0.05) is 36.4 Å². The predicted octanol–water partition coefficient (Wildman–Crippen LogP) is 3.49. The molecule has 8 heteroatoms. The summed E-state index contributed by atoms with van der Waals surface area (Å²) in [5.41, 5.74) is 1.22. The number of hydrogen-bond acceptors (Lipinski definition) is 4. The molecule has 0 aromatic heterocycles. The Morgan fingerprint density at radius 1 is 0.828 bits per heavy atom. The van der Waals surface area contributed by atoms with Gasteiger partial charge in [0.25, 0.3) is 0 Å². The molecule has 0 aliphatic rings. The van der Waals surface area contributed by atoms with E-state index < -0.39 is 19.9 Å². The third-order valence-electron chi connectivity index (χ3n) is 4.43. The molecule has 0 amide bonds. The predicted molar refractivity (Wildman–Crippen MR) is 108 cm³/mol. The second-order valence-electron chi connectivity index (χ2n) is 6.52. The molecule has 0 aliphatic heterocycles. The molecule has 0 radical (unpaired) electrons. The second kappa shape index (κ2) is 8.44. The van der Waals surface area contributed by atoms with Gasteiger partial charge in [-0.15, -0.1) is 0 Å². The number of halogens is 1. The number of sulfone groups is 1. The van der Waals surface area contributed by atoms with Gasteiger partial charge in [0, 0.05) is 6.54 Å². The number of benzene rings is 3. The van der Waals surface area contributed by atoms with Gasteiger partial charge in [0.2, 0.25) is 19.9 Å². The minimum Gasteiger partial charge on any atom is -0.219 e. The third kappa shape index (κ3) is 4.90. The molecule has 0 saturated heterocycles. The van der Waals surface area contributed by atoms with E-state index in [0.29, 0.717) is 12.0 Å². The van der Waals surface area contributed by atoms with Crippen LogP contribution in [0.5, 0.6) is 0 Å². The number of aryl methyl sites for hydroxylation is 1. The first-order chi connectivity index (χ1) is 13.7. The first kappa shape index (κ1) is 21.2. The molecule has 0 spiro atoms. The van der Waals surface area contributed by atoms with Crippen molar-refractivity contribution in [3.8, 4) is 0 Å². The van der Waals surface area contributed by atoms with Gasteiger partial charge in [0.1, 0.15) is 5.82 Å². The van der Waals surface area contributed by atoms with Gasteiger partial charge in [-0.3, -0.25) is 0 Å². The van der Waals surface area contributed by atoms with Crippen LogP contribution in [0.3, 0.4) is 0 Å². The molecule has 0 atom stereocenters. The maximum atomic E-state index is 13.0. The maximum Gasteiger partial charge on any atom is 0.240 e. The normalized spacial score (nSPS) is 12.1. The zero-order valence-electron chi connectivity index (χ0n) is 15.7. The highest BCUT2D eigenvalue weighted by atomic mass is 32.2. The molecule has 152 valence electrons. The topological polar surface area (TPSA) is 80.3 Å². The Balaban J connectivity index is 1.84.